The first-order valence-corrected chi connectivity index (χ1v) is 4.78. The van der Waals surface area contributed by atoms with Crippen molar-refractivity contribution in [1.82, 2.24) is 0 Å². The molecule has 1 saturated heterocycles. The molecule has 0 N–H and O–H groups in total. The van der Waals surface area contributed by atoms with Crippen molar-refractivity contribution < 1.29 is 4.39 Å². The zero-order valence-electron chi connectivity index (χ0n) is 7.21. The molecule has 1 heterocycles. The monoisotopic (exact) mass is 199 g/mol. The number of benzene rings is 1. The molecule has 1 aromatic carbocycles. The molecule has 0 saturated carbocycles. The highest BCUT2D eigenvalue weighted by molar-refractivity contribution is 6.30. The summed E-state index contributed by atoms with van der Waals surface area (Å²) in [7, 11) is 0. The maximum atomic E-state index is 12.9. The van der Waals surface area contributed by atoms with E-state index in [0.29, 0.717) is 13.0 Å². The Balaban J connectivity index is 2.13. The van der Waals surface area contributed by atoms with Crippen LogP contribution in [-0.4, -0.2) is 19.3 Å². The summed E-state index contributed by atoms with van der Waals surface area (Å²) in [6, 6.07) is 7.53. The zero-order chi connectivity index (χ0) is 9.26. The lowest BCUT2D eigenvalue weighted by molar-refractivity contribution is 0.364. The van der Waals surface area contributed by atoms with E-state index >= 15 is 0 Å². The lowest BCUT2D eigenvalue weighted by Gasteiger charge is -2.17. The molecule has 0 spiro atoms. The third-order valence-electron chi connectivity index (χ3n) is 2.32. The highest BCUT2D eigenvalue weighted by Gasteiger charge is 2.21. The number of hydrogen-bond acceptors (Lipinski definition) is 1. The second kappa shape index (κ2) is 3.54. The molecule has 0 amide bonds. The Labute approximate surface area is 82.1 Å². The molecule has 1 aliphatic rings. The van der Waals surface area contributed by atoms with E-state index in [2.05, 4.69) is 0 Å². The summed E-state index contributed by atoms with van der Waals surface area (Å²) in [6.45, 7) is 1.32. The minimum Gasteiger partial charge on any atom is -0.369 e. The summed E-state index contributed by atoms with van der Waals surface area (Å²) in [5, 5.41) is 0.722. The van der Waals surface area contributed by atoms with E-state index in [1.807, 2.05) is 29.2 Å². The fraction of sp³-hybridized carbons (Fsp3) is 0.400. The van der Waals surface area contributed by atoms with Crippen molar-refractivity contribution >= 4 is 17.3 Å². The molecule has 3 heteroatoms. The highest BCUT2D eigenvalue weighted by Crippen LogP contribution is 2.23. The van der Waals surface area contributed by atoms with Crippen LogP contribution in [0.2, 0.25) is 5.02 Å². The minimum absolute atomic E-state index is 0.516. The SMILES string of the molecule is F[C@@H]1CCN(c2ccc(Cl)cc2)C1. The van der Waals surface area contributed by atoms with Gasteiger partial charge in [-0.25, -0.2) is 4.39 Å². The number of hydrogen-bond donors (Lipinski definition) is 0. The van der Waals surface area contributed by atoms with Crippen molar-refractivity contribution in [2.45, 2.75) is 12.6 Å². The van der Waals surface area contributed by atoms with Gasteiger partial charge in [-0.1, -0.05) is 11.6 Å². The number of rotatable bonds is 1. The third kappa shape index (κ3) is 1.94. The lowest BCUT2D eigenvalue weighted by atomic mass is 10.3. The minimum atomic E-state index is -0.671. The number of nitrogens with zero attached hydrogens (tertiary/aromatic N) is 1. The molecule has 1 aliphatic heterocycles. The molecule has 0 unspecified atom stereocenters. The number of alkyl halides is 1. The first-order chi connectivity index (χ1) is 6.25. The quantitative estimate of drug-likeness (QED) is 0.672. The van der Waals surface area contributed by atoms with Gasteiger partial charge in [-0.2, -0.15) is 0 Å². The lowest BCUT2D eigenvalue weighted by Crippen LogP contribution is -2.19. The van der Waals surface area contributed by atoms with Crippen molar-refractivity contribution in [3.63, 3.8) is 0 Å². The Morgan fingerprint density at radius 3 is 2.54 bits per heavy atom. The van der Waals surface area contributed by atoms with Crippen LogP contribution in [0.1, 0.15) is 6.42 Å². The second-order valence-corrected chi connectivity index (χ2v) is 3.74. The average molecular weight is 200 g/mol. The molecule has 2 rings (SSSR count). The number of halogens is 2. The van der Waals surface area contributed by atoms with Gasteiger partial charge < -0.3 is 4.90 Å². The maximum Gasteiger partial charge on any atom is 0.119 e. The number of anilines is 1. The van der Waals surface area contributed by atoms with Gasteiger partial charge in [0.15, 0.2) is 0 Å². The van der Waals surface area contributed by atoms with Crippen LogP contribution in [0.4, 0.5) is 10.1 Å². The van der Waals surface area contributed by atoms with Crippen LogP contribution in [0.15, 0.2) is 24.3 Å². The van der Waals surface area contributed by atoms with Crippen LogP contribution >= 0.6 is 11.6 Å². The van der Waals surface area contributed by atoms with Gasteiger partial charge in [-0.15, -0.1) is 0 Å². The largest absolute Gasteiger partial charge is 0.369 e. The molecule has 1 nitrogen and oxygen atoms in total. The fourth-order valence-electron chi connectivity index (χ4n) is 1.60. The van der Waals surface area contributed by atoms with Gasteiger partial charge >= 0.3 is 0 Å². The van der Waals surface area contributed by atoms with Crippen LogP contribution in [0.25, 0.3) is 0 Å². The van der Waals surface area contributed by atoms with Gasteiger partial charge in [0, 0.05) is 23.8 Å². The Morgan fingerprint density at radius 2 is 2.00 bits per heavy atom. The Hall–Kier alpha value is -0.760. The molecule has 0 bridgehead atoms. The van der Waals surface area contributed by atoms with Gasteiger partial charge in [-0.3, -0.25) is 0 Å². The zero-order valence-corrected chi connectivity index (χ0v) is 7.97. The summed E-state index contributed by atoms with van der Waals surface area (Å²) >= 11 is 5.75. The fourth-order valence-corrected chi connectivity index (χ4v) is 1.73. The standard InChI is InChI=1S/C10H11ClFN/c11-8-1-3-10(4-2-8)13-6-5-9(12)7-13/h1-4,9H,5-7H2/t9-/m1/s1. The topological polar surface area (TPSA) is 3.24 Å². The van der Waals surface area contributed by atoms with E-state index in [4.69, 9.17) is 11.6 Å². The first kappa shape index (κ1) is 8.82. The van der Waals surface area contributed by atoms with Crippen LogP contribution < -0.4 is 4.90 Å². The third-order valence-corrected chi connectivity index (χ3v) is 2.57. The predicted molar refractivity (Wildman–Crippen MR) is 53.2 cm³/mol. The summed E-state index contributed by atoms with van der Waals surface area (Å²) in [5.41, 5.74) is 1.06. The second-order valence-electron chi connectivity index (χ2n) is 3.31. The molecule has 70 valence electrons. The Morgan fingerprint density at radius 1 is 1.31 bits per heavy atom. The van der Waals surface area contributed by atoms with E-state index in [9.17, 15) is 4.39 Å². The summed E-state index contributed by atoms with van der Waals surface area (Å²) in [5.74, 6) is 0. The molecule has 0 aliphatic carbocycles. The Bertz CT molecular complexity index is 285. The summed E-state index contributed by atoms with van der Waals surface area (Å²) in [6.07, 6.45) is -0.0292. The smallest absolute Gasteiger partial charge is 0.119 e. The molecule has 1 atom stereocenters. The summed E-state index contributed by atoms with van der Waals surface area (Å²) < 4.78 is 12.9. The van der Waals surface area contributed by atoms with Gasteiger partial charge in [0.05, 0.1) is 0 Å². The van der Waals surface area contributed by atoms with Gasteiger partial charge in [0.25, 0.3) is 0 Å². The van der Waals surface area contributed by atoms with Crippen molar-refractivity contribution in [2.75, 3.05) is 18.0 Å². The van der Waals surface area contributed by atoms with E-state index in [1.165, 1.54) is 0 Å². The van der Waals surface area contributed by atoms with E-state index in [-0.39, 0.29) is 0 Å². The summed E-state index contributed by atoms with van der Waals surface area (Å²) in [4.78, 5) is 2.04. The van der Waals surface area contributed by atoms with Crippen LogP contribution in [0.3, 0.4) is 0 Å². The molecular weight excluding hydrogens is 189 g/mol. The molecule has 0 aromatic heterocycles. The maximum absolute atomic E-state index is 12.9. The molecule has 13 heavy (non-hydrogen) atoms. The van der Waals surface area contributed by atoms with Crippen molar-refractivity contribution in [3.8, 4) is 0 Å². The van der Waals surface area contributed by atoms with Crippen molar-refractivity contribution in [2.24, 2.45) is 0 Å². The van der Waals surface area contributed by atoms with Gasteiger partial charge in [0.1, 0.15) is 6.17 Å². The van der Waals surface area contributed by atoms with E-state index in [0.717, 1.165) is 17.3 Å². The van der Waals surface area contributed by atoms with E-state index in [1.54, 1.807) is 0 Å². The molecular formula is C10H11ClFN. The average Bonchev–Trinajstić information content (AvgIpc) is 2.53. The highest BCUT2D eigenvalue weighted by atomic mass is 35.5. The van der Waals surface area contributed by atoms with Crippen molar-refractivity contribution in [3.05, 3.63) is 29.3 Å². The normalized spacial score (nSPS) is 22.3. The van der Waals surface area contributed by atoms with Gasteiger partial charge in [0.2, 0.25) is 0 Å². The molecule has 1 fully saturated rings. The van der Waals surface area contributed by atoms with Gasteiger partial charge in [-0.05, 0) is 30.7 Å². The van der Waals surface area contributed by atoms with Crippen molar-refractivity contribution in [1.29, 1.82) is 0 Å². The predicted octanol–water partition coefficient (Wildman–Crippen LogP) is 2.89. The van der Waals surface area contributed by atoms with E-state index < -0.39 is 6.17 Å². The molecule has 1 aromatic rings. The first-order valence-electron chi connectivity index (χ1n) is 4.40. The Kier molecular flexibility index (Phi) is 2.40. The van der Waals surface area contributed by atoms with Crippen LogP contribution in [0, 0.1) is 0 Å². The molecule has 0 radical (unpaired) electrons. The van der Waals surface area contributed by atoms with Crippen LogP contribution in [0.5, 0.6) is 0 Å². The van der Waals surface area contributed by atoms with Crippen LogP contribution in [-0.2, 0) is 0 Å².